The molecular formula is C54H107NO8. The summed E-state index contributed by atoms with van der Waals surface area (Å²) in [5.74, 6) is -0.137. The van der Waals surface area contributed by atoms with Crippen molar-refractivity contribution >= 4 is 5.91 Å². The number of carbonyl (C=O) groups excluding carboxylic acids is 1. The molecule has 0 spiro atoms. The summed E-state index contributed by atoms with van der Waals surface area (Å²) < 4.78 is 11.3. The first-order valence-electron chi connectivity index (χ1n) is 27.7. The second-order valence-corrected chi connectivity index (χ2v) is 19.7. The Labute approximate surface area is 389 Å². The van der Waals surface area contributed by atoms with Crippen molar-refractivity contribution in [3.8, 4) is 0 Å². The van der Waals surface area contributed by atoms with Gasteiger partial charge in [0.25, 0.3) is 0 Å². The minimum atomic E-state index is -1.55. The zero-order valence-electron chi connectivity index (χ0n) is 41.6. The fourth-order valence-corrected chi connectivity index (χ4v) is 9.28. The van der Waals surface area contributed by atoms with Crippen LogP contribution < -0.4 is 5.32 Å². The third-order valence-corrected chi connectivity index (χ3v) is 13.7. The van der Waals surface area contributed by atoms with Crippen LogP contribution in [-0.4, -0.2) is 87.5 Å². The van der Waals surface area contributed by atoms with Gasteiger partial charge in [0.05, 0.1) is 25.4 Å². The average molecular weight is 898 g/mol. The van der Waals surface area contributed by atoms with Crippen LogP contribution in [0.25, 0.3) is 0 Å². The minimum absolute atomic E-state index is 0.131. The molecule has 1 fully saturated rings. The van der Waals surface area contributed by atoms with E-state index in [4.69, 9.17) is 9.47 Å². The van der Waals surface area contributed by atoms with Crippen molar-refractivity contribution in [2.75, 3.05) is 13.2 Å². The SMILES string of the molecule is CCCCCCCCCCCCCCCCCCCCCCCCCCCCC(=O)N[C@@H](CO[C@@H]1O[C@H](CO)[C@@H](O)C(O)C1O)[C@H](O)CCCCCCCCCCCCCCCC. The summed E-state index contributed by atoms with van der Waals surface area (Å²) in [6.45, 7) is 3.87. The Bertz CT molecular complexity index is 955. The van der Waals surface area contributed by atoms with Gasteiger partial charge in [0.15, 0.2) is 6.29 Å². The first-order chi connectivity index (χ1) is 30.8. The Morgan fingerprint density at radius 3 is 1.13 bits per heavy atom. The molecule has 9 nitrogen and oxygen atoms in total. The van der Waals surface area contributed by atoms with Crippen LogP contribution in [0, 0.1) is 0 Å². The molecule has 0 bridgehead atoms. The van der Waals surface area contributed by atoms with E-state index >= 15 is 0 Å². The van der Waals surface area contributed by atoms with E-state index in [-0.39, 0.29) is 12.5 Å². The number of hydrogen-bond donors (Lipinski definition) is 6. The highest BCUT2D eigenvalue weighted by Gasteiger charge is 2.44. The van der Waals surface area contributed by atoms with Crippen molar-refractivity contribution in [1.29, 1.82) is 0 Å². The van der Waals surface area contributed by atoms with E-state index in [0.29, 0.717) is 12.8 Å². The van der Waals surface area contributed by atoms with Crippen molar-refractivity contribution in [1.82, 2.24) is 5.32 Å². The zero-order valence-corrected chi connectivity index (χ0v) is 41.6. The van der Waals surface area contributed by atoms with E-state index in [0.717, 1.165) is 38.5 Å². The molecule has 376 valence electrons. The molecule has 6 N–H and O–H groups in total. The van der Waals surface area contributed by atoms with Gasteiger partial charge in [-0.25, -0.2) is 0 Å². The van der Waals surface area contributed by atoms with Gasteiger partial charge in [-0.2, -0.15) is 0 Å². The largest absolute Gasteiger partial charge is 0.394 e. The Morgan fingerprint density at radius 1 is 0.476 bits per heavy atom. The molecule has 63 heavy (non-hydrogen) atoms. The van der Waals surface area contributed by atoms with Gasteiger partial charge in [-0.1, -0.05) is 264 Å². The lowest BCUT2D eigenvalue weighted by Crippen LogP contribution is -2.60. The molecule has 1 aliphatic rings. The maximum absolute atomic E-state index is 13.0. The van der Waals surface area contributed by atoms with E-state index in [2.05, 4.69) is 19.2 Å². The van der Waals surface area contributed by atoms with Gasteiger partial charge in [0.1, 0.15) is 24.4 Å². The Kier molecular flexibility index (Phi) is 43.0. The van der Waals surface area contributed by atoms with Crippen LogP contribution in [0.5, 0.6) is 0 Å². The molecule has 7 atom stereocenters. The van der Waals surface area contributed by atoms with Crippen LogP contribution in [0.2, 0.25) is 0 Å². The van der Waals surface area contributed by atoms with Gasteiger partial charge in [-0.15, -0.1) is 0 Å². The number of amides is 1. The summed E-state index contributed by atoms with van der Waals surface area (Å²) in [5, 5.41) is 54.5. The molecule has 2 unspecified atom stereocenters. The van der Waals surface area contributed by atoms with E-state index in [1.54, 1.807) is 0 Å². The predicted molar refractivity (Wildman–Crippen MR) is 263 cm³/mol. The summed E-state index contributed by atoms with van der Waals surface area (Å²) in [6, 6.07) is -0.712. The van der Waals surface area contributed by atoms with Gasteiger partial charge in [-0.05, 0) is 12.8 Å². The number of nitrogens with one attached hydrogen (secondary N) is 1. The number of unbranched alkanes of at least 4 members (excludes halogenated alkanes) is 38. The van der Waals surface area contributed by atoms with Crippen LogP contribution in [0.3, 0.4) is 0 Å². The summed E-state index contributed by atoms with van der Waals surface area (Å²) in [4.78, 5) is 13.0. The molecule has 0 aromatic carbocycles. The normalized spacial score (nSPS) is 20.0. The zero-order chi connectivity index (χ0) is 45.9. The van der Waals surface area contributed by atoms with Crippen molar-refractivity contribution in [2.24, 2.45) is 0 Å². The van der Waals surface area contributed by atoms with Gasteiger partial charge >= 0.3 is 0 Å². The molecular weight excluding hydrogens is 791 g/mol. The number of ether oxygens (including phenoxy) is 2. The topological polar surface area (TPSA) is 149 Å². The van der Waals surface area contributed by atoms with E-state index in [1.165, 1.54) is 218 Å². The van der Waals surface area contributed by atoms with Crippen LogP contribution in [0.4, 0.5) is 0 Å². The molecule has 9 heteroatoms. The summed E-state index contributed by atoms with van der Waals surface area (Å²) in [5.41, 5.74) is 0. The third-order valence-electron chi connectivity index (χ3n) is 13.7. The van der Waals surface area contributed by atoms with Crippen molar-refractivity contribution < 1.29 is 39.8 Å². The maximum atomic E-state index is 13.0. The molecule has 1 heterocycles. The summed E-state index contributed by atoms with van der Waals surface area (Å²) >= 11 is 0. The molecule has 1 amide bonds. The fourth-order valence-electron chi connectivity index (χ4n) is 9.28. The third kappa shape index (κ3) is 35.1. The lowest BCUT2D eigenvalue weighted by Gasteiger charge is -2.40. The summed E-state index contributed by atoms with van der Waals surface area (Å²) in [6.07, 6.45) is 45.6. The first kappa shape index (κ1) is 60.2. The predicted octanol–water partition coefficient (Wildman–Crippen LogP) is 13.1. The number of hydrogen-bond acceptors (Lipinski definition) is 8. The smallest absolute Gasteiger partial charge is 0.220 e. The number of aliphatic hydroxyl groups excluding tert-OH is 5. The molecule has 0 aliphatic carbocycles. The second-order valence-electron chi connectivity index (χ2n) is 19.7. The fraction of sp³-hybridized carbons (Fsp3) is 0.981. The van der Waals surface area contributed by atoms with Gasteiger partial charge in [0, 0.05) is 6.42 Å². The summed E-state index contributed by atoms with van der Waals surface area (Å²) in [7, 11) is 0. The Hall–Kier alpha value is -0.810. The molecule has 0 aromatic rings. The average Bonchev–Trinajstić information content (AvgIpc) is 3.28. The van der Waals surface area contributed by atoms with Crippen LogP contribution in [0.1, 0.15) is 284 Å². The van der Waals surface area contributed by atoms with Gasteiger partial charge in [-0.3, -0.25) is 4.79 Å². The molecule has 0 saturated carbocycles. The second kappa shape index (κ2) is 45.0. The Balaban J connectivity index is 2.16. The van der Waals surface area contributed by atoms with Crippen LogP contribution >= 0.6 is 0 Å². The van der Waals surface area contributed by atoms with E-state index in [1.807, 2.05) is 0 Å². The van der Waals surface area contributed by atoms with Crippen LogP contribution in [0.15, 0.2) is 0 Å². The number of aliphatic hydroxyl groups is 5. The van der Waals surface area contributed by atoms with E-state index in [9.17, 15) is 30.3 Å². The number of carbonyl (C=O) groups is 1. The molecule has 1 saturated heterocycles. The molecule has 0 radical (unpaired) electrons. The van der Waals surface area contributed by atoms with Crippen LogP contribution in [-0.2, 0) is 14.3 Å². The highest BCUT2D eigenvalue weighted by atomic mass is 16.7. The first-order valence-corrected chi connectivity index (χ1v) is 27.7. The van der Waals surface area contributed by atoms with Gasteiger partial charge in [0.2, 0.25) is 5.91 Å². The number of rotatable bonds is 48. The van der Waals surface area contributed by atoms with Crippen molar-refractivity contribution in [3.05, 3.63) is 0 Å². The highest BCUT2D eigenvalue weighted by Crippen LogP contribution is 2.23. The lowest BCUT2D eigenvalue weighted by atomic mass is 9.99. The van der Waals surface area contributed by atoms with E-state index < -0.39 is 49.5 Å². The van der Waals surface area contributed by atoms with Crippen molar-refractivity contribution in [3.63, 3.8) is 0 Å². The standard InChI is InChI=1S/C54H107NO8/c1-3-5-7-9-11-13-15-17-19-20-21-22-23-24-25-26-27-28-29-30-32-34-36-38-40-42-44-50(58)55-47(46-62-54-53(61)52(60)51(59)49(45-56)63-54)48(57)43-41-39-37-35-33-31-18-16-14-12-10-8-6-4-2/h47-49,51-54,56-57,59-61H,3-46H2,1-2H3,(H,55,58)/t47-,48+,49+,51+,52?,53?,54+/m0/s1. The maximum Gasteiger partial charge on any atom is 0.220 e. The monoisotopic (exact) mass is 898 g/mol. The quantitative estimate of drug-likeness (QED) is 0.0331. The highest BCUT2D eigenvalue weighted by molar-refractivity contribution is 5.76. The lowest BCUT2D eigenvalue weighted by molar-refractivity contribution is -0.302. The molecule has 1 rings (SSSR count). The molecule has 1 aliphatic heterocycles. The van der Waals surface area contributed by atoms with Crippen molar-refractivity contribution in [2.45, 2.75) is 326 Å². The minimum Gasteiger partial charge on any atom is -0.394 e. The Morgan fingerprint density at radius 2 is 0.794 bits per heavy atom. The van der Waals surface area contributed by atoms with Gasteiger partial charge < -0.3 is 40.3 Å². The molecule has 0 aromatic heterocycles.